The predicted molar refractivity (Wildman–Crippen MR) is 104 cm³/mol. The first-order valence-corrected chi connectivity index (χ1v) is 8.62. The molecule has 3 aromatic rings. The summed E-state index contributed by atoms with van der Waals surface area (Å²) in [6, 6.07) is 13.4. The number of furan rings is 1. The number of nitrogens with two attached hydrogens (primary N) is 1. The number of anilines is 2. The van der Waals surface area contributed by atoms with Gasteiger partial charge in [0.15, 0.2) is 5.76 Å². The van der Waals surface area contributed by atoms with Crippen LogP contribution in [0.5, 0.6) is 5.75 Å². The molecule has 5 nitrogen and oxygen atoms in total. The number of nitrogen functional groups attached to an aromatic ring is 1. The zero-order valence-electron chi connectivity index (χ0n) is 13.9. The summed E-state index contributed by atoms with van der Waals surface area (Å²) in [7, 11) is 0. The summed E-state index contributed by atoms with van der Waals surface area (Å²) in [5.74, 6) is 0.827. The van der Waals surface area contributed by atoms with E-state index in [0.717, 1.165) is 0 Å². The number of hydrogen-bond acceptors (Lipinski definition) is 4. The molecule has 0 spiro atoms. The van der Waals surface area contributed by atoms with E-state index in [4.69, 9.17) is 38.1 Å². The van der Waals surface area contributed by atoms with Crippen LogP contribution in [-0.4, -0.2) is 12.5 Å². The maximum atomic E-state index is 12.4. The number of rotatable bonds is 5. The summed E-state index contributed by atoms with van der Waals surface area (Å²) in [6.07, 6.45) is 0. The molecule has 1 amide bonds. The maximum absolute atomic E-state index is 12.4. The van der Waals surface area contributed by atoms with Gasteiger partial charge in [-0.05, 0) is 49.4 Å². The second-order valence-electron chi connectivity index (χ2n) is 5.42. The Morgan fingerprint density at radius 2 is 1.96 bits per heavy atom. The SMILES string of the molecule is CCOc1ccc(NC(=O)c2ccc(-c3ccc(Cl)cc3Cl)o2)c(N)c1. The molecule has 0 atom stereocenters. The summed E-state index contributed by atoms with van der Waals surface area (Å²) in [5, 5.41) is 3.68. The van der Waals surface area contributed by atoms with Crippen LogP contribution in [0.25, 0.3) is 11.3 Å². The van der Waals surface area contributed by atoms with Gasteiger partial charge in [-0.3, -0.25) is 4.79 Å². The number of halogens is 2. The normalized spacial score (nSPS) is 10.6. The van der Waals surface area contributed by atoms with E-state index in [1.807, 2.05) is 6.92 Å². The Morgan fingerprint density at radius 3 is 2.65 bits per heavy atom. The average Bonchev–Trinajstić information content (AvgIpc) is 3.07. The molecule has 0 unspecified atom stereocenters. The molecule has 3 N–H and O–H groups in total. The molecule has 0 aliphatic rings. The number of amides is 1. The molecule has 0 saturated carbocycles. The van der Waals surface area contributed by atoms with E-state index in [1.54, 1.807) is 48.5 Å². The highest BCUT2D eigenvalue weighted by atomic mass is 35.5. The number of hydrogen-bond donors (Lipinski definition) is 2. The number of carbonyl (C=O) groups excluding carboxylic acids is 1. The van der Waals surface area contributed by atoms with Crippen molar-refractivity contribution in [1.82, 2.24) is 0 Å². The second kappa shape index (κ2) is 7.72. The van der Waals surface area contributed by atoms with Gasteiger partial charge in [0.25, 0.3) is 5.91 Å². The lowest BCUT2D eigenvalue weighted by atomic mass is 10.2. The zero-order valence-corrected chi connectivity index (χ0v) is 15.4. The summed E-state index contributed by atoms with van der Waals surface area (Å²) >= 11 is 12.1. The van der Waals surface area contributed by atoms with Crippen LogP contribution in [-0.2, 0) is 0 Å². The first-order chi connectivity index (χ1) is 12.5. The highest BCUT2D eigenvalue weighted by Crippen LogP contribution is 2.32. The Bertz CT molecular complexity index is 954. The lowest BCUT2D eigenvalue weighted by Gasteiger charge is -2.09. The first kappa shape index (κ1) is 18.2. The van der Waals surface area contributed by atoms with Crippen molar-refractivity contribution in [3.63, 3.8) is 0 Å². The molecule has 134 valence electrons. The van der Waals surface area contributed by atoms with Crippen LogP contribution in [0.4, 0.5) is 11.4 Å². The molecule has 26 heavy (non-hydrogen) atoms. The van der Waals surface area contributed by atoms with E-state index >= 15 is 0 Å². The molecule has 0 bridgehead atoms. The topological polar surface area (TPSA) is 77.5 Å². The van der Waals surface area contributed by atoms with Crippen LogP contribution in [0, 0.1) is 0 Å². The van der Waals surface area contributed by atoms with Crippen LogP contribution in [0.1, 0.15) is 17.5 Å². The monoisotopic (exact) mass is 390 g/mol. The molecule has 1 heterocycles. The van der Waals surface area contributed by atoms with Gasteiger partial charge in [0.1, 0.15) is 11.5 Å². The molecule has 0 radical (unpaired) electrons. The third-order valence-corrected chi connectivity index (χ3v) is 4.16. The fraction of sp³-hybridized carbons (Fsp3) is 0.105. The quantitative estimate of drug-likeness (QED) is 0.564. The molecule has 0 saturated heterocycles. The van der Waals surface area contributed by atoms with Gasteiger partial charge in [0.2, 0.25) is 0 Å². The fourth-order valence-corrected chi connectivity index (χ4v) is 2.89. The Hall–Kier alpha value is -2.63. The maximum Gasteiger partial charge on any atom is 0.291 e. The van der Waals surface area contributed by atoms with Crippen molar-refractivity contribution < 1.29 is 13.9 Å². The van der Waals surface area contributed by atoms with Crippen molar-refractivity contribution in [1.29, 1.82) is 0 Å². The highest BCUT2D eigenvalue weighted by Gasteiger charge is 2.15. The van der Waals surface area contributed by atoms with Gasteiger partial charge < -0.3 is 20.2 Å². The van der Waals surface area contributed by atoms with Crippen molar-refractivity contribution in [2.75, 3.05) is 17.7 Å². The van der Waals surface area contributed by atoms with Crippen molar-refractivity contribution in [3.8, 4) is 17.1 Å². The Balaban J connectivity index is 1.78. The van der Waals surface area contributed by atoms with Gasteiger partial charge in [-0.1, -0.05) is 23.2 Å². The van der Waals surface area contributed by atoms with Crippen LogP contribution >= 0.6 is 23.2 Å². The number of benzene rings is 2. The van der Waals surface area contributed by atoms with Crippen LogP contribution in [0.3, 0.4) is 0 Å². The molecule has 2 aromatic carbocycles. The van der Waals surface area contributed by atoms with Gasteiger partial charge in [0, 0.05) is 16.7 Å². The van der Waals surface area contributed by atoms with E-state index < -0.39 is 5.91 Å². The third-order valence-electron chi connectivity index (χ3n) is 3.61. The van der Waals surface area contributed by atoms with Gasteiger partial charge in [-0.25, -0.2) is 0 Å². The van der Waals surface area contributed by atoms with E-state index in [0.29, 0.717) is 45.1 Å². The third kappa shape index (κ3) is 3.95. The van der Waals surface area contributed by atoms with Gasteiger partial charge in [-0.15, -0.1) is 0 Å². The van der Waals surface area contributed by atoms with E-state index in [2.05, 4.69) is 5.32 Å². The first-order valence-electron chi connectivity index (χ1n) is 7.87. The molecule has 7 heteroatoms. The van der Waals surface area contributed by atoms with Crippen molar-refractivity contribution in [2.24, 2.45) is 0 Å². The minimum absolute atomic E-state index is 0.138. The molecular formula is C19H16Cl2N2O3. The summed E-state index contributed by atoms with van der Waals surface area (Å²) in [6.45, 7) is 2.42. The molecule has 3 rings (SSSR count). The smallest absolute Gasteiger partial charge is 0.291 e. The van der Waals surface area contributed by atoms with Crippen molar-refractivity contribution in [2.45, 2.75) is 6.92 Å². The number of nitrogens with one attached hydrogen (secondary N) is 1. The molecule has 0 fully saturated rings. The van der Waals surface area contributed by atoms with Crippen molar-refractivity contribution in [3.05, 3.63) is 64.3 Å². The summed E-state index contributed by atoms with van der Waals surface area (Å²) < 4.78 is 11.0. The van der Waals surface area contributed by atoms with Gasteiger partial charge in [0.05, 0.1) is 23.0 Å². The Labute approximate surface area is 160 Å². The molecule has 1 aromatic heterocycles. The summed E-state index contributed by atoms with van der Waals surface area (Å²) in [5.41, 5.74) is 7.47. The van der Waals surface area contributed by atoms with Crippen LogP contribution in [0.2, 0.25) is 10.0 Å². The lowest BCUT2D eigenvalue weighted by molar-refractivity contribution is 0.0997. The number of carbonyl (C=O) groups is 1. The minimum Gasteiger partial charge on any atom is -0.494 e. The Morgan fingerprint density at radius 1 is 1.15 bits per heavy atom. The minimum atomic E-state index is -0.419. The molecule has 0 aliphatic heterocycles. The fourth-order valence-electron chi connectivity index (χ4n) is 2.39. The van der Waals surface area contributed by atoms with E-state index in [1.165, 1.54) is 0 Å². The largest absolute Gasteiger partial charge is 0.494 e. The molecule has 0 aliphatic carbocycles. The second-order valence-corrected chi connectivity index (χ2v) is 6.27. The highest BCUT2D eigenvalue weighted by molar-refractivity contribution is 6.36. The standard InChI is InChI=1S/C19H16Cl2N2O3/c1-2-25-12-4-6-16(15(22)10-12)23-19(24)18-8-7-17(26-18)13-5-3-11(20)9-14(13)21/h3-10H,2,22H2,1H3,(H,23,24). The van der Waals surface area contributed by atoms with E-state index in [-0.39, 0.29) is 5.76 Å². The van der Waals surface area contributed by atoms with Crippen LogP contribution in [0.15, 0.2) is 52.9 Å². The zero-order chi connectivity index (χ0) is 18.7. The van der Waals surface area contributed by atoms with Gasteiger partial charge >= 0.3 is 0 Å². The Kier molecular flexibility index (Phi) is 5.40. The average molecular weight is 391 g/mol. The van der Waals surface area contributed by atoms with E-state index in [9.17, 15) is 4.79 Å². The van der Waals surface area contributed by atoms with Crippen molar-refractivity contribution >= 4 is 40.5 Å². The molecular weight excluding hydrogens is 375 g/mol. The van der Waals surface area contributed by atoms with Gasteiger partial charge in [-0.2, -0.15) is 0 Å². The lowest BCUT2D eigenvalue weighted by Crippen LogP contribution is -2.12. The summed E-state index contributed by atoms with van der Waals surface area (Å²) in [4.78, 5) is 12.4. The van der Waals surface area contributed by atoms with Crippen LogP contribution < -0.4 is 15.8 Å². The predicted octanol–water partition coefficient (Wildman–Crippen LogP) is 5.49. The number of ether oxygens (including phenoxy) is 1.